The van der Waals surface area contributed by atoms with E-state index in [-0.39, 0.29) is 24.5 Å². The van der Waals surface area contributed by atoms with Crippen LogP contribution in [0.4, 0.5) is 0 Å². The summed E-state index contributed by atoms with van der Waals surface area (Å²) in [4.78, 5) is 27.4. The second-order valence-corrected chi connectivity index (χ2v) is 7.68. The fourth-order valence-corrected chi connectivity index (χ4v) is 3.90. The Morgan fingerprint density at radius 3 is 2.46 bits per heavy atom. The number of benzene rings is 1. The van der Waals surface area contributed by atoms with Crippen LogP contribution in [0.25, 0.3) is 0 Å². The number of carbonyl (C=O) groups is 2. The summed E-state index contributed by atoms with van der Waals surface area (Å²) < 4.78 is 11.2. The maximum Gasteiger partial charge on any atom is 0.260 e. The highest BCUT2D eigenvalue weighted by Crippen LogP contribution is 2.26. The van der Waals surface area contributed by atoms with E-state index in [9.17, 15) is 9.59 Å². The SMILES string of the molecule is CCOc1ccccc1OCC(=O)N1CCC(NC(=O)Cc2cccs2)CC1. The smallest absolute Gasteiger partial charge is 0.260 e. The summed E-state index contributed by atoms with van der Waals surface area (Å²) in [5, 5.41) is 5.05. The van der Waals surface area contributed by atoms with Gasteiger partial charge in [-0.3, -0.25) is 9.59 Å². The van der Waals surface area contributed by atoms with E-state index in [0.29, 0.717) is 37.6 Å². The molecule has 0 bridgehead atoms. The van der Waals surface area contributed by atoms with E-state index in [1.807, 2.05) is 42.6 Å². The van der Waals surface area contributed by atoms with Gasteiger partial charge in [0.05, 0.1) is 13.0 Å². The van der Waals surface area contributed by atoms with Crippen molar-refractivity contribution in [1.82, 2.24) is 10.2 Å². The third-order valence-corrected chi connectivity index (χ3v) is 5.50. The molecule has 3 rings (SSSR count). The summed E-state index contributed by atoms with van der Waals surface area (Å²) in [6, 6.07) is 11.4. The lowest BCUT2D eigenvalue weighted by atomic mass is 10.0. The molecule has 0 saturated carbocycles. The van der Waals surface area contributed by atoms with Crippen molar-refractivity contribution in [1.29, 1.82) is 0 Å². The molecule has 0 radical (unpaired) electrons. The molecule has 1 fully saturated rings. The van der Waals surface area contributed by atoms with Crippen molar-refractivity contribution in [2.75, 3.05) is 26.3 Å². The van der Waals surface area contributed by atoms with Crippen LogP contribution in [0.5, 0.6) is 11.5 Å². The maximum atomic E-state index is 12.5. The molecule has 2 amide bonds. The van der Waals surface area contributed by atoms with Crippen molar-refractivity contribution in [2.24, 2.45) is 0 Å². The summed E-state index contributed by atoms with van der Waals surface area (Å²) in [5.74, 6) is 1.22. The van der Waals surface area contributed by atoms with E-state index in [1.165, 1.54) is 0 Å². The minimum Gasteiger partial charge on any atom is -0.490 e. The molecule has 1 aliphatic heterocycles. The molecule has 7 heteroatoms. The van der Waals surface area contributed by atoms with Crippen LogP contribution in [0.15, 0.2) is 41.8 Å². The van der Waals surface area contributed by atoms with E-state index >= 15 is 0 Å². The molecule has 0 aliphatic carbocycles. The topological polar surface area (TPSA) is 67.9 Å². The van der Waals surface area contributed by atoms with Gasteiger partial charge in [0.2, 0.25) is 5.91 Å². The van der Waals surface area contributed by atoms with Crippen LogP contribution in [0.2, 0.25) is 0 Å². The molecule has 1 aromatic carbocycles. The highest BCUT2D eigenvalue weighted by molar-refractivity contribution is 7.10. The molecule has 0 spiro atoms. The first-order valence-electron chi connectivity index (χ1n) is 9.60. The molecule has 0 unspecified atom stereocenters. The van der Waals surface area contributed by atoms with Crippen molar-refractivity contribution in [3.63, 3.8) is 0 Å². The minimum atomic E-state index is -0.0466. The number of hydrogen-bond acceptors (Lipinski definition) is 5. The first-order chi connectivity index (χ1) is 13.7. The molecule has 0 atom stereocenters. The van der Waals surface area contributed by atoms with Gasteiger partial charge < -0.3 is 19.7 Å². The van der Waals surface area contributed by atoms with Crippen LogP contribution >= 0.6 is 11.3 Å². The Morgan fingerprint density at radius 1 is 1.11 bits per heavy atom. The molecular formula is C21H26N2O4S. The van der Waals surface area contributed by atoms with Crippen molar-refractivity contribution in [3.05, 3.63) is 46.7 Å². The molecule has 28 heavy (non-hydrogen) atoms. The second kappa shape index (κ2) is 10.1. The van der Waals surface area contributed by atoms with Gasteiger partial charge in [-0.2, -0.15) is 0 Å². The zero-order valence-corrected chi connectivity index (χ0v) is 16.9. The van der Waals surface area contributed by atoms with Gasteiger partial charge in [0, 0.05) is 24.0 Å². The lowest BCUT2D eigenvalue weighted by molar-refractivity contribution is -0.134. The normalized spacial score (nSPS) is 14.5. The third kappa shape index (κ3) is 5.73. The molecule has 1 aromatic heterocycles. The summed E-state index contributed by atoms with van der Waals surface area (Å²) >= 11 is 1.59. The highest BCUT2D eigenvalue weighted by Gasteiger charge is 2.24. The van der Waals surface area contributed by atoms with Crippen LogP contribution in [-0.2, 0) is 16.0 Å². The van der Waals surface area contributed by atoms with Gasteiger partial charge in [-0.25, -0.2) is 0 Å². The van der Waals surface area contributed by atoms with Crippen molar-refractivity contribution in [3.8, 4) is 11.5 Å². The van der Waals surface area contributed by atoms with Crippen molar-refractivity contribution >= 4 is 23.2 Å². The van der Waals surface area contributed by atoms with Crippen LogP contribution in [0.3, 0.4) is 0 Å². The van der Waals surface area contributed by atoms with Crippen molar-refractivity contribution in [2.45, 2.75) is 32.2 Å². The summed E-state index contributed by atoms with van der Waals surface area (Å²) in [6.45, 7) is 3.68. The average molecular weight is 403 g/mol. The Hall–Kier alpha value is -2.54. The summed E-state index contributed by atoms with van der Waals surface area (Å²) in [6.07, 6.45) is 1.94. The van der Waals surface area contributed by atoms with E-state index < -0.39 is 0 Å². The zero-order valence-electron chi connectivity index (χ0n) is 16.1. The quantitative estimate of drug-likeness (QED) is 0.737. The van der Waals surface area contributed by atoms with E-state index in [1.54, 1.807) is 22.3 Å². The third-order valence-electron chi connectivity index (χ3n) is 4.63. The molecular weight excluding hydrogens is 376 g/mol. The van der Waals surface area contributed by atoms with Gasteiger partial charge in [0.25, 0.3) is 5.91 Å². The minimum absolute atomic E-state index is 0.0144. The molecule has 1 saturated heterocycles. The molecule has 6 nitrogen and oxygen atoms in total. The van der Waals surface area contributed by atoms with Gasteiger partial charge in [-0.05, 0) is 43.3 Å². The standard InChI is InChI=1S/C21H26N2O4S/c1-2-26-18-7-3-4-8-19(18)27-15-21(25)23-11-9-16(10-12-23)22-20(24)14-17-6-5-13-28-17/h3-8,13,16H,2,9-12,14-15H2,1H3,(H,22,24). The Morgan fingerprint density at radius 2 is 1.82 bits per heavy atom. The number of nitrogens with one attached hydrogen (secondary N) is 1. The number of likely N-dealkylation sites (tertiary alicyclic amines) is 1. The van der Waals surface area contributed by atoms with Gasteiger partial charge in [-0.1, -0.05) is 18.2 Å². The molecule has 1 aliphatic rings. The van der Waals surface area contributed by atoms with Crippen LogP contribution < -0.4 is 14.8 Å². The molecule has 150 valence electrons. The monoisotopic (exact) mass is 402 g/mol. The largest absolute Gasteiger partial charge is 0.490 e. The predicted octanol–water partition coefficient (Wildman–Crippen LogP) is 2.88. The van der Waals surface area contributed by atoms with Crippen molar-refractivity contribution < 1.29 is 19.1 Å². The number of nitrogens with zero attached hydrogens (tertiary/aromatic N) is 1. The van der Waals surface area contributed by atoms with Gasteiger partial charge in [-0.15, -0.1) is 11.3 Å². The first-order valence-corrected chi connectivity index (χ1v) is 10.5. The van der Waals surface area contributed by atoms with E-state index in [4.69, 9.17) is 9.47 Å². The Bertz CT molecular complexity index is 770. The number of piperidine rings is 1. The fourth-order valence-electron chi connectivity index (χ4n) is 3.20. The average Bonchev–Trinajstić information content (AvgIpc) is 3.20. The molecule has 2 aromatic rings. The van der Waals surface area contributed by atoms with Crippen LogP contribution in [0.1, 0.15) is 24.6 Å². The second-order valence-electron chi connectivity index (χ2n) is 6.65. The predicted molar refractivity (Wildman–Crippen MR) is 109 cm³/mol. The number of thiophene rings is 1. The van der Waals surface area contributed by atoms with Crippen LogP contribution in [0, 0.1) is 0 Å². The van der Waals surface area contributed by atoms with Gasteiger partial charge >= 0.3 is 0 Å². The number of para-hydroxylation sites is 2. The maximum absolute atomic E-state index is 12.5. The number of hydrogen-bond donors (Lipinski definition) is 1. The Balaban J connectivity index is 1.41. The van der Waals surface area contributed by atoms with Crippen LogP contribution in [-0.4, -0.2) is 49.1 Å². The molecule has 2 heterocycles. The summed E-state index contributed by atoms with van der Waals surface area (Å²) in [7, 11) is 0. The number of ether oxygens (including phenoxy) is 2. The number of rotatable bonds is 8. The van der Waals surface area contributed by atoms with E-state index in [2.05, 4.69) is 5.32 Å². The Kier molecular flexibility index (Phi) is 7.31. The lowest BCUT2D eigenvalue weighted by Gasteiger charge is -2.32. The Labute approximate surface area is 169 Å². The van der Waals surface area contributed by atoms with Gasteiger partial charge in [0.1, 0.15) is 0 Å². The summed E-state index contributed by atoms with van der Waals surface area (Å²) in [5.41, 5.74) is 0. The van der Waals surface area contributed by atoms with E-state index in [0.717, 1.165) is 17.7 Å². The van der Waals surface area contributed by atoms with Gasteiger partial charge in [0.15, 0.2) is 18.1 Å². The lowest BCUT2D eigenvalue weighted by Crippen LogP contribution is -2.47. The number of amides is 2. The highest BCUT2D eigenvalue weighted by atomic mass is 32.1. The number of carbonyl (C=O) groups excluding carboxylic acids is 2. The molecule has 1 N–H and O–H groups in total. The zero-order chi connectivity index (χ0) is 19.8. The first kappa shape index (κ1) is 20.2. The fraction of sp³-hybridized carbons (Fsp3) is 0.429.